The maximum Gasteiger partial charge on any atom is 0.274 e. The Balaban J connectivity index is 1.80. The van der Waals surface area contributed by atoms with Crippen molar-refractivity contribution in [2.45, 2.75) is 6.54 Å². The van der Waals surface area contributed by atoms with Crippen LogP contribution in [-0.4, -0.2) is 74.1 Å². The first-order valence-electron chi connectivity index (χ1n) is 11.6. The standard InChI is InChI=1S/C25H34N6O5/c1-29(16-23(32)27-7-10-36-11-8-28-26)14-20-21(34-4)12-17(13-22(20)35-5)19-15-31(3)25(33)24-18(19)6-9-30(24)2/h6,9,12-13,15,26H,7-8,10-11,14,16H2,1-5H3,(H,27,32). The molecule has 3 rings (SSSR count). The van der Waals surface area contributed by atoms with Crippen molar-refractivity contribution in [1.82, 2.24) is 19.4 Å². The van der Waals surface area contributed by atoms with Crippen LogP contribution in [0, 0.1) is 5.53 Å². The molecular formula is C25H34N6O5. The lowest BCUT2D eigenvalue weighted by molar-refractivity contribution is -0.122. The normalized spacial score (nSPS) is 11.2. The quantitative estimate of drug-likeness (QED) is 0.275. The van der Waals surface area contributed by atoms with Crippen LogP contribution in [-0.2, 0) is 30.2 Å². The number of benzene rings is 1. The fraction of sp³-hybridized carbons (Fsp3) is 0.440. The van der Waals surface area contributed by atoms with Crippen LogP contribution in [0.25, 0.3) is 22.0 Å². The topological polar surface area (TPSA) is 123 Å². The van der Waals surface area contributed by atoms with E-state index in [-0.39, 0.29) is 18.0 Å². The number of likely N-dealkylation sites (N-methyl/N-ethyl adjacent to an activating group) is 1. The van der Waals surface area contributed by atoms with E-state index in [1.54, 1.807) is 25.8 Å². The number of carbonyl (C=O) groups excluding carboxylic acids is 1. The average molecular weight is 499 g/mol. The van der Waals surface area contributed by atoms with Crippen molar-refractivity contribution < 1.29 is 19.0 Å². The van der Waals surface area contributed by atoms with E-state index in [1.807, 2.05) is 54.2 Å². The van der Waals surface area contributed by atoms with E-state index in [0.29, 0.717) is 49.9 Å². The largest absolute Gasteiger partial charge is 0.496 e. The fourth-order valence-electron chi connectivity index (χ4n) is 4.13. The number of hydrogen-bond acceptors (Lipinski definition) is 8. The van der Waals surface area contributed by atoms with Crippen LogP contribution in [0.15, 0.2) is 40.5 Å². The van der Waals surface area contributed by atoms with Gasteiger partial charge in [-0.2, -0.15) is 5.11 Å². The summed E-state index contributed by atoms with van der Waals surface area (Å²) in [6, 6.07) is 5.79. The van der Waals surface area contributed by atoms with E-state index in [0.717, 1.165) is 22.1 Å². The summed E-state index contributed by atoms with van der Waals surface area (Å²) in [5, 5.41) is 6.88. The van der Waals surface area contributed by atoms with Crippen LogP contribution in [0.1, 0.15) is 5.56 Å². The molecule has 36 heavy (non-hydrogen) atoms. The fourth-order valence-corrected chi connectivity index (χ4v) is 4.13. The van der Waals surface area contributed by atoms with Gasteiger partial charge in [0.25, 0.3) is 5.56 Å². The Labute approximate surface area is 210 Å². The van der Waals surface area contributed by atoms with Gasteiger partial charge in [0.15, 0.2) is 0 Å². The van der Waals surface area contributed by atoms with Crippen LogP contribution in [0.3, 0.4) is 0 Å². The summed E-state index contributed by atoms with van der Waals surface area (Å²) in [5.74, 6) is 1.13. The number of pyridine rings is 1. The number of amides is 1. The average Bonchev–Trinajstić information content (AvgIpc) is 3.25. The molecule has 11 heteroatoms. The maximum atomic E-state index is 12.7. The van der Waals surface area contributed by atoms with Crippen molar-refractivity contribution in [3.05, 3.63) is 46.5 Å². The third-order valence-electron chi connectivity index (χ3n) is 5.88. The minimum atomic E-state index is -0.127. The Kier molecular flexibility index (Phi) is 9.20. The summed E-state index contributed by atoms with van der Waals surface area (Å²) in [7, 11) is 8.63. The van der Waals surface area contributed by atoms with Crippen LogP contribution >= 0.6 is 0 Å². The van der Waals surface area contributed by atoms with Crippen molar-refractivity contribution in [3.8, 4) is 22.6 Å². The number of ether oxygens (including phenoxy) is 3. The van der Waals surface area contributed by atoms with Gasteiger partial charge in [0.2, 0.25) is 5.91 Å². The molecule has 3 aromatic rings. The van der Waals surface area contributed by atoms with Gasteiger partial charge in [0.05, 0.1) is 46.1 Å². The third-order valence-corrected chi connectivity index (χ3v) is 5.88. The summed E-state index contributed by atoms with van der Waals surface area (Å²) in [6.45, 7) is 2.05. The number of aromatic nitrogens is 2. The molecule has 1 amide bonds. The first kappa shape index (κ1) is 26.9. The van der Waals surface area contributed by atoms with E-state index in [4.69, 9.17) is 19.7 Å². The molecule has 0 spiro atoms. The molecule has 0 fully saturated rings. The summed E-state index contributed by atoms with van der Waals surface area (Å²) in [5.41, 5.74) is 9.85. The van der Waals surface area contributed by atoms with Gasteiger partial charge >= 0.3 is 0 Å². The third kappa shape index (κ3) is 6.10. The zero-order chi connectivity index (χ0) is 26.2. The second kappa shape index (κ2) is 12.3. The molecule has 0 aliphatic rings. The number of carbonyl (C=O) groups is 1. The molecule has 2 heterocycles. The van der Waals surface area contributed by atoms with Crippen LogP contribution in [0.4, 0.5) is 0 Å². The molecule has 0 saturated heterocycles. The number of methoxy groups -OCH3 is 2. The number of aryl methyl sites for hydroxylation is 2. The summed E-state index contributed by atoms with van der Waals surface area (Å²) < 4.78 is 20.1. The minimum absolute atomic E-state index is 0.0633. The molecule has 2 N–H and O–H groups in total. The van der Waals surface area contributed by atoms with Gasteiger partial charge in [-0.05, 0) is 30.8 Å². The van der Waals surface area contributed by atoms with Crippen molar-refractivity contribution in [1.29, 1.82) is 5.53 Å². The van der Waals surface area contributed by atoms with Crippen LogP contribution < -0.4 is 20.3 Å². The highest BCUT2D eigenvalue weighted by molar-refractivity contribution is 5.95. The molecule has 1 aromatic carbocycles. The molecule has 0 aliphatic carbocycles. The number of fused-ring (bicyclic) bond motifs is 1. The van der Waals surface area contributed by atoms with Gasteiger partial charge < -0.3 is 28.7 Å². The Bertz CT molecular complexity index is 1260. The van der Waals surface area contributed by atoms with E-state index < -0.39 is 0 Å². The molecule has 0 saturated carbocycles. The van der Waals surface area contributed by atoms with Crippen LogP contribution in [0.5, 0.6) is 11.5 Å². The van der Waals surface area contributed by atoms with Crippen molar-refractivity contribution >= 4 is 16.8 Å². The highest BCUT2D eigenvalue weighted by Crippen LogP contribution is 2.37. The summed E-state index contributed by atoms with van der Waals surface area (Å²) in [6.07, 6.45) is 3.69. The first-order chi connectivity index (χ1) is 17.3. The molecular weight excluding hydrogens is 464 g/mol. The Morgan fingerprint density at radius 1 is 1.14 bits per heavy atom. The molecule has 11 nitrogen and oxygen atoms in total. The molecule has 0 aliphatic heterocycles. The first-order valence-corrected chi connectivity index (χ1v) is 11.6. The molecule has 0 unspecified atom stereocenters. The van der Waals surface area contributed by atoms with Gasteiger partial charge in [0, 0.05) is 50.5 Å². The Hall–Kier alpha value is -3.70. The van der Waals surface area contributed by atoms with Gasteiger partial charge in [-0.3, -0.25) is 14.5 Å². The lowest BCUT2D eigenvalue weighted by Gasteiger charge is -2.21. The molecule has 0 atom stereocenters. The maximum absolute atomic E-state index is 12.7. The van der Waals surface area contributed by atoms with E-state index in [9.17, 15) is 9.59 Å². The Morgan fingerprint density at radius 3 is 2.47 bits per heavy atom. The van der Waals surface area contributed by atoms with E-state index in [1.165, 1.54) is 0 Å². The smallest absolute Gasteiger partial charge is 0.274 e. The van der Waals surface area contributed by atoms with Gasteiger partial charge in [-0.15, -0.1) is 0 Å². The lowest BCUT2D eigenvalue weighted by atomic mass is 10.00. The zero-order valence-corrected chi connectivity index (χ0v) is 21.5. The predicted molar refractivity (Wildman–Crippen MR) is 137 cm³/mol. The van der Waals surface area contributed by atoms with Crippen LogP contribution in [0.2, 0.25) is 0 Å². The number of rotatable bonds is 13. The zero-order valence-electron chi connectivity index (χ0n) is 21.5. The molecule has 0 bridgehead atoms. The van der Waals surface area contributed by atoms with Gasteiger partial charge in [-0.1, -0.05) is 0 Å². The van der Waals surface area contributed by atoms with E-state index >= 15 is 0 Å². The highest BCUT2D eigenvalue weighted by Gasteiger charge is 2.19. The number of nitrogens with zero attached hydrogens (tertiary/aromatic N) is 4. The van der Waals surface area contributed by atoms with Crippen molar-refractivity contribution in [2.75, 3.05) is 54.1 Å². The second-order valence-corrected chi connectivity index (χ2v) is 8.52. The molecule has 0 radical (unpaired) electrons. The highest BCUT2D eigenvalue weighted by atomic mass is 16.5. The summed E-state index contributed by atoms with van der Waals surface area (Å²) >= 11 is 0. The molecule has 2 aromatic heterocycles. The monoisotopic (exact) mass is 498 g/mol. The van der Waals surface area contributed by atoms with Crippen molar-refractivity contribution in [3.63, 3.8) is 0 Å². The van der Waals surface area contributed by atoms with Gasteiger partial charge in [-0.25, -0.2) is 5.53 Å². The van der Waals surface area contributed by atoms with Gasteiger partial charge in [0.1, 0.15) is 17.0 Å². The minimum Gasteiger partial charge on any atom is -0.496 e. The summed E-state index contributed by atoms with van der Waals surface area (Å²) in [4.78, 5) is 26.9. The second-order valence-electron chi connectivity index (χ2n) is 8.52. The molecule has 194 valence electrons. The SMILES string of the molecule is COc1cc(-c2cn(C)c(=O)c3c2ccn3C)cc(OC)c1CN(C)CC(=O)NCCOCCN=N. The number of hydrogen-bond donors (Lipinski definition) is 2. The van der Waals surface area contributed by atoms with Crippen molar-refractivity contribution in [2.24, 2.45) is 19.2 Å². The lowest BCUT2D eigenvalue weighted by Crippen LogP contribution is -2.36. The predicted octanol–water partition coefficient (Wildman–Crippen LogP) is 2.16. The van der Waals surface area contributed by atoms with E-state index in [2.05, 4.69) is 10.4 Å². The Morgan fingerprint density at radius 2 is 1.83 bits per heavy atom. The number of nitrogens with one attached hydrogen (secondary N) is 2.